The summed E-state index contributed by atoms with van der Waals surface area (Å²) < 4.78 is 19.6. The minimum Gasteiger partial charge on any atom is -0.459 e. The predicted octanol–water partition coefficient (Wildman–Crippen LogP) is 4.27. The number of hydrogen-bond acceptors (Lipinski definition) is 2. The van der Waals surface area contributed by atoms with Crippen LogP contribution < -0.4 is 5.73 Å². The third-order valence-electron chi connectivity index (χ3n) is 3.07. The van der Waals surface area contributed by atoms with Gasteiger partial charge in [0.15, 0.2) is 0 Å². The number of halogens is 2. The zero-order valence-electron chi connectivity index (χ0n) is 9.94. The van der Waals surface area contributed by atoms with Crippen molar-refractivity contribution in [3.63, 3.8) is 0 Å². The van der Waals surface area contributed by atoms with E-state index in [4.69, 9.17) is 21.8 Å². The van der Waals surface area contributed by atoms with Gasteiger partial charge in [-0.2, -0.15) is 0 Å². The van der Waals surface area contributed by atoms with E-state index in [1.807, 2.05) is 30.3 Å². The van der Waals surface area contributed by atoms with Crippen LogP contribution in [-0.4, -0.2) is 0 Å². The van der Waals surface area contributed by atoms with Crippen LogP contribution in [0.15, 0.2) is 52.9 Å². The first-order valence-corrected chi connectivity index (χ1v) is 6.22. The summed E-state index contributed by atoms with van der Waals surface area (Å²) in [5.74, 6) is 0.0134. The van der Waals surface area contributed by atoms with Gasteiger partial charge in [-0.05, 0) is 18.2 Å². The Morgan fingerprint density at radius 3 is 2.68 bits per heavy atom. The topological polar surface area (TPSA) is 39.2 Å². The van der Waals surface area contributed by atoms with Crippen LogP contribution in [0.3, 0.4) is 0 Å². The standard InChI is InChI=1S/C15H11ClFNO/c16-11-6-3-5-10(14(11)17)15(18)13-8-9-4-1-2-7-12(9)19-13/h1-8,15H,18H2. The molecule has 96 valence electrons. The fraction of sp³-hybridized carbons (Fsp3) is 0.0667. The maximum absolute atomic E-state index is 13.9. The Balaban J connectivity index is 2.08. The smallest absolute Gasteiger partial charge is 0.147 e. The lowest BCUT2D eigenvalue weighted by atomic mass is 10.0. The van der Waals surface area contributed by atoms with Crippen LogP contribution in [0.2, 0.25) is 5.02 Å². The molecule has 2 N–H and O–H groups in total. The van der Waals surface area contributed by atoms with Gasteiger partial charge in [0, 0.05) is 10.9 Å². The maximum Gasteiger partial charge on any atom is 0.147 e. The van der Waals surface area contributed by atoms with E-state index < -0.39 is 11.9 Å². The van der Waals surface area contributed by atoms with Crippen LogP contribution in [-0.2, 0) is 0 Å². The Bertz CT molecular complexity index is 705. The van der Waals surface area contributed by atoms with Crippen molar-refractivity contribution in [3.8, 4) is 0 Å². The van der Waals surface area contributed by atoms with Crippen LogP contribution in [0.5, 0.6) is 0 Å². The number of hydrogen-bond donors (Lipinski definition) is 1. The second kappa shape index (κ2) is 4.68. The highest BCUT2D eigenvalue weighted by Gasteiger charge is 2.19. The monoisotopic (exact) mass is 275 g/mol. The van der Waals surface area contributed by atoms with Gasteiger partial charge in [0.1, 0.15) is 17.2 Å². The van der Waals surface area contributed by atoms with Gasteiger partial charge in [0.2, 0.25) is 0 Å². The number of fused-ring (bicyclic) bond motifs is 1. The van der Waals surface area contributed by atoms with Gasteiger partial charge in [0.25, 0.3) is 0 Å². The molecule has 0 aliphatic carbocycles. The summed E-state index contributed by atoms with van der Waals surface area (Å²) in [6.45, 7) is 0. The van der Waals surface area contributed by atoms with Crippen LogP contribution in [0.4, 0.5) is 4.39 Å². The molecule has 1 heterocycles. The van der Waals surface area contributed by atoms with E-state index in [9.17, 15) is 4.39 Å². The van der Waals surface area contributed by atoms with E-state index in [-0.39, 0.29) is 5.02 Å². The highest BCUT2D eigenvalue weighted by Crippen LogP contribution is 2.29. The lowest BCUT2D eigenvalue weighted by Gasteiger charge is -2.10. The molecule has 0 spiro atoms. The fourth-order valence-corrected chi connectivity index (χ4v) is 2.25. The van der Waals surface area contributed by atoms with E-state index in [1.54, 1.807) is 12.1 Å². The van der Waals surface area contributed by atoms with Crippen molar-refractivity contribution in [1.29, 1.82) is 0 Å². The molecule has 4 heteroatoms. The van der Waals surface area contributed by atoms with Crippen molar-refractivity contribution in [2.24, 2.45) is 5.73 Å². The van der Waals surface area contributed by atoms with E-state index in [0.29, 0.717) is 11.3 Å². The Hall–Kier alpha value is -1.84. The van der Waals surface area contributed by atoms with Crippen molar-refractivity contribution < 1.29 is 8.81 Å². The molecule has 0 saturated heterocycles. The van der Waals surface area contributed by atoms with Gasteiger partial charge in [0.05, 0.1) is 11.1 Å². The zero-order valence-corrected chi connectivity index (χ0v) is 10.7. The van der Waals surface area contributed by atoms with E-state index in [0.717, 1.165) is 11.0 Å². The van der Waals surface area contributed by atoms with Gasteiger partial charge in [-0.1, -0.05) is 41.9 Å². The van der Waals surface area contributed by atoms with Gasteiger partial charge < -0.3 is 10.2 Å². The molecule has 0 bridgehead atoms. The van der Waals surface area contributed by atoms with Gasteiger partial charge in [-0.25, -0.2) is 4.39 Å². The van der Waals surface area contributed by atoms with Gasteiger partial charge in [-0.15, -0.1) is 0 Å². The number of furan rings is 1. The van der Waals surface area contributed by atoms with E-state index >= 15 is 0 Å². The number of nitrogens with two attached hydrogens (primary N) is 1. The SMILES string of the molecule is NC(c1cc2ccccc2o1)c1cccc(Cl)c1F. The Morgan fingerprint density at radius 1 is 1.11 bits per heavy atom. The van der Waals surface area contributed by atoms with Gasteiger partial charge >= 0.3 is 0 Å². The van der Waals surface area contributed by atoms with Crippen LogP contribution in [0.25, 0.3) is 11.0 Å². The van der Waals surface area contributed by atoms with Crippen LogP contribution in [0, 0.1) is 5.82 Å². The first-order chi connectivity index (χ1) is 9.16. The average Bonchev–Trinajstić information content (AvgIpc) is 2.85. The average molecular weight is 276 g/mol. The minimum absolute atomic E-state index is 0.0593. The van der Waals surface area contributed by atoms with E-state index in [1.165, 1.54) is 6.07 Å². The predicted molar refractivity (Wildman–Crippen MR) is 73.7 cm³/mol. The quantitative estimate of drug-likeness (QED) is 0.758. The maximum atomic E-state index is 13.9. The van der Waals surface area contributed by atoms with Crippen molar-refractivity contribution in [2.45, 2.75) is 6.04 Å². The molecule has 0 aliphatic heterocycles. The summed E-state index contributed by atoms with van der Waals surface area (Å²) >= 11 is 5.76. The molecule has 2 nitrogen and oxygen atoms in total. The molecule has 19 heavy (non-hydrogen) atoms. The molecule has 0 fully saturated rings. The molecule has 2 aromatic carbocycles. The molecule has 1 unspecified atom stereocenters. The summed E-state index contributed by atoms with van der Waals surface area (Å²) in [4.78, 5) is 0. The Kier molecular flexibility index (Phi) is 3.01. The Labute approximate surface area is 114 Å². The second-order valence-corrected chi connectivity index (χ2v) is 4.71. The first kappa shape index (κ1) is 12.2. The van der Waals surface area contributed by atoms with Gasteiger partial charge in [-0.3, -0.25) is 0 Å². The number of rotatable bonds is 2. The van der Waals surface area contributed by atoms with Crippen LogP contribution in [0.1, 0.15) is 17.4 Å². The summed E-state index contributed by atoms with van der Waals surface area (Å²) in [6, 6.07) is 13.5. The zero-order chi connectivity index (χ0) is 13.4. The molecule has 0 amide bonds. The summed E-state index contributed by atoms with van der Waals surface area (Å²) in [5, 5.41) is 0.999. The third-order valence-corrected chi connectivity index (χ3v) is 3.36. The summed E-state index contributed by atoms with van der Waals surface area (Å²) in [6.07, 6.45) is 0. The Morgan fingerprint density at radius 2 is 1.89 bits per heavy atom. The lowest BCUT2D eigenvalue weighted by Crippen LogP contribution is -2.12. The first-order valence-electron chi connectivity index (χ1n) is 5.85. The third kappa shape index (κ3) is 2.11. The molecule has 1 aromatic heterocycles. The molecule has 0 saturated carbocycles. The minimum atomic E-state index is -0.675. The molecule has 1 atom stereocenters. The largest absolute Gasteiger partial charge is 0.459 e. The molecule has 0 aliphatic rings. The normalized spacial score (nSPS) is 12.8. The number of benzene rings is 2. The van der Waals surface area contributed by atoms with Crippen molar-refractivity contribution in [3.05, 3.63) is 70.7 Å². The summed E-state index contributed by atoms with van der Waals surface area (Å²) in [5.41, 5.74) is 7.11. The molecular weight excluding hydrogens is 265 g/mol. The molecular formula is C15H11ClFNO. The van der Waals surface area contributed by atoms with E-state index in [2.05, 4.69) is 0 Å². The fourth-order valence-electron chi connectivity index (χ4n) is 2.07. The van der Waals surface area contributed by atoms with Crippen molar-refractivity contribution >= 4 is 22.6 Å². The van der Waals surface area contributed by atoms with Crippen molar-refractivity contribution in [2.75, 3.05) is 0 Å². The summed E-state index contributed by atoms with van der Waals surface area (Å²) in [7, 11) is 0. The number of para-hydroxylation sites is 1. The second-order valence-electron chi connectivity index (χ2n) is 4.31. The van der Waals surface area contributed by atoms with Crippen LogP contribution >= 0.6 is 11.6 Å². The lowest BCUT2D eigenvalue weighted by molar-refractivity contribution is 0.510. The molecule has 0 radical (unpaired) electrons. The highest BCUT2D eigenvalue weighted by atomic mass is 35.5. The van der Waals surface area contributed by atoms with Crippen molar-refractivity contribution in [1.82, 2.24) is 0 Å². The molecule has 3 rings (SSSR count). The molecule has 3 aromatic rings. The highest BCUT2D eigenvalue weighted by molar-refractivity contribution is 6.30.